The average molecular weight is 480 g/mol. The van der Waals surface area contributed by atoms with Gasteiger partial charge in [-0.3, -0.25) is 25.6 Å². The minimum atomic E-state index is -0.624. The Morgan fingerprint density at radius 3 is 2.59 bits per heavy atom. The molecule has 1 aromatic heterocycles. The van der Waals surface area contributed by atoms with E-state index < -0.39 is 17.6 Å². The summed E-state index contributed by atoms with van der Waals surface area (Å²) in [6.07, 6.45) is 5.63. The second kappa shape index (κ2) is 11.7. The molecule has 2 amide bonds. The summed E-state index contributed by atoms with van der Waals surface area (Å²) in [6.45, 7) is 5.23. The molecule has 34 heavy (non-hydrogen) atoms. The Hall–Kier alpha value is -2.53. The van der Waals surface area contributed by atoms with E-state index in [4.69, 9.17) is 0 Å². The molecule has 3 atom stereocenters. The summed E-state index contributed by atoms with van der Waals surface area (Å²) < 4.78 is 15.5. The van der Waals surface area contributed by atoms with Crippen LogP contribution in [-0.2, 0) is 16.0 Å². The number of carbonyl (C=O) groups excluding carboxylic acids is 2. The highest BCUT2D eigenvalue weighted by molar-refractivity contribution is 5.80. The fourth-order valence-electron chi connectivity index (χ4n) is 5.13. The quantitative estimate of drug-likeness (QED) is 0.251. The smallest absolute Gasteiger partial charge is 0.243 e. The summed E-state index contributed by atoms with van der Waals surface area (Å²) >= 11 is 0. The lowest BCUT2D eigenvalue weighted by molar-refractivity contribution is -0.154. The van der Waals surface area contributed by atoms with Crippen LogP contribution in [0.3, 0.4) is 0 Å². The molecule has 3 rings (SSSR count). The van der Waals surface area contributed by atoms with Crippen LogP contribution in [0.15, 0.2) is 0 Å². The first-order valence-electron chi connectivity index (χ1n) is 12.2. The molecule has 11 heteroatoms. The van der Waals surface area contributed by atoms with Crippen LogP contribution in [0.1, 0.15) is 51.8 Å². The Labute approximate surface area is 200 Å². The molecular weight excluding hydrogens is 441 g/mol. The lowest BCUT2D eigenvalue weighted by Crippen LogP contribution is -2.41. The average Bonchev–Trinajstić information content (AvgIpc) is 3.47. The molecule has 0 aromatic carbocycles. The molecule has 0 spiro atoms. The molecule has 3 unspecified atom stereocenters. The lowest BCUT2D eigenvalue weighted by Gasteiger charge is -2.24. The van der Waals surface area contributed by atoms with Crippen LogP contribution in [0, 0.1) is 23.6 Å². The number of nitrogens with zero attached hydrogens (tertiary/aromatic N) is 5. The Bertz CT molecular complexity index is 850. The van der Waals surface area contributed by atoms with Crippen LogP contribution in [0.5, 0.6) is 0 Å². The van der Waals surface area contributed by atoms with Crippen molar-refractivity contribution in [2.24, 2.45) is 17.8 Å². The second-order valence-corrected chi connectivity index (χ2v) is 9.82. The van der Waals surface area contributed by atoms with Gasteiger partial charge in [0.25, 0.3) is 0 Å². The lowest BCUT2D eigenvalue weighted by atomic mass is 9.92. The van der Waals surface area contributed by atoms with E-state index in [1.807, 2.05) is 25.9 Å². The monoisotopic (exact) mass is 479 g/mol. The van der Waals surface area contributed by atoms with E-state index in [-0.39, 0.29) is 30.6 Å². The van der Waals surface area contributed by atoms with E-state index in [1.54, 1.807) is 0 Å². The highest BCUT2D eigenvalue weighted by atomic mass is 19.1. The zero-order chi connectivity index (χ0) is 24.8. The molecule has 1 saturated heterocycles. The van der Waals surface area contributed by atoms with Crippen molar-refractivity contribution in [1.82, 2.24) is 25.4 Å². The third kappa shape index (κ3) is 6.32. The van der Waals surface area contributed by atoms with E-state index in [9.17, 15) is 14.8 Å². The number of nitrogens with one attached hydrogen (secondary N) is 2. The van der Waals surface area contributed by atoms with Gasteiger partial charge in [-0.2, -0.15) is 4.39 Å². The molecule has 1 saturated carbocycles. The molecule has 190 valence electrons. The highest BCUT2D eigenvalue weighted by Crippen LogP contribution is 2.31. The fraction of sp³-hybridized carbons (Fsp3) is 0.739. The maximum absolute atomic E-state index is 15.5. The van der Waals surface area contributed by atoms with Crippen LogP contribution in [-0.4, -0.2) is 77.2 Å². The maximum atomic E-state index is 15.5. The van der Waals surface area contributed by atoms with E-state index in [2.05, 4.69) is 32.6 Å². The van der Waals surface area contributed by atoms with E-state index in [1.165, 1.54) is 0 Å². The first-order valence-corrected chi connectivity index (χ1v) is 12.2. The van der Waals surface area contributed by atoms with Crippen molar-refractivity contribution >= 4 is 24.0 Å². The van der Waals surface area contributed by atoms with Gasteiger partial charge in [0.1, 0.15) is 5.82 Å². The Morgan fingerprint density at radius 1 is 1.29 bits per heavy atom. The van der Waals surface area contributed by atoms with Crippen molar-refractivity contribution in [2.45, 2.75) is 58.4 Å². The summed E-state index contributed by atoms with van der Waals surface area (Å²) in [5.74, 6) is -0.342. The largest absolute Gasteiger partial charge is 0.352 e. The molecule has 0 bridgehead atoms. The Kier molecular flexibility index (Phi) is 9.01. The van der Waals surface area contributed by atoms with Crippen LogP contribution in [0.4, 0.5) is 16.0 Å². The van der Waals surface area contributed by atoms with Gasteiger partial charge in [-0.15, -0.1) is 0 Å². The number of anilines is 2. The number of likely N-dealkylation sites (N-methyl/N-ethyl adjacent to an activating group) is 1. The number of aromatic nitrogens is 2. The van der Waals surface area contributed by atoms with Crippen molar-refractivity contribution in [3.8, 4) is 0 Å². The zero-order valence-corrected chi connectivity index (χ0v) is 20.6. The SMILES string of the molecule is CCc1nc(NNC(=O)C(CC2CCCC2)CN(O)C=O)c(F)c(N2CC(C)C(N(C)C)C2)n1. The number of halogens is 1. The van der Waals surface area contributed by atoms with Crippen molar-refractivity contribution < 1.29 is 19.2 Å². The number of carbonyl (C=O) groups is 2. The van der Waals surface area contributed by atoms with Gasteiger partial charge < -0.3 is 9.80 Å². The Balaban J connectivity index is 1.74. The van der Waals surface area contributed by atoms with Gasteiger partial charge in [-0.1, -0.05) is 39.5 Å². The third-order valence-electron chi connectivity index (χ3n) is 7.03. The molecule has 2 fully saturated rings. The third-order valence-corrected chi connectivity index (χ3v) is 7.03. The summed E-state index contributed by atoms with van der Waals surface area (Å²) in [5.41, 5.74) is 5.19. The van der Waals surface area contributed by atoms with Crippen LogP contribution in [0.25, 0.3) is 0 Å². The molecular formula is C23H38FN7O3. The van der Waals surface area contributed by atoms with Crippen molar-refractivity contribution in [2.75, 3.05) is 44.1 Å². The zero-order valence-electron chi connectivity index (χ0n) is 20.6. The molecule has 2 aliphatic rings. The van der Waals surface area contributed by atoms with Crippen molar-refractivity contribution in [1.29, 1.82) is 0 Å². The molecule has 1 aliphatic carbocycles. The van der Waals surface area contributed by atoms with Crippen LogP contribution in [0.2, 0.25) is 0 Å². The normalized spacial score (nSPS) is 21.7. The molecule has 1 aromatic rings. The number of amides is 2. The standard InChI is InChI=1S/C23H38FN7O3/c1-5-19-25-21(20(24)22(26-19)30-11-15(2)18(13-30)29(3)4)27-28-23(33)17(12-31(34)14-32)10-16-8-6-7-9-16/h14-18,34H,5-13H2,1-4H3,(H,28,33)(H,25,26,27). The highest BCUT2D eigenvalue weighted by Gasteiger charge is 2.34. The van der Waals surface area contributed by atoms with Crippen LogP contribution < -0.4 is 15.8 Å². The van der Waals surface area contributed by atoms with Crippen molar-refractivity contribution in [3.63, 3.8) is 0 Å². The first-order chi connectivity index (χ1) is 16.2. The van der Waals surface area contributed by atoms with Gasteiger partial charge >= 0.3 is 0 Å². The summed E-state index contributed by atoms with van der Waals surface area (Å²) in [4.78, 5) is 36.6. The van der Waals surface area contributed by atoms with Gasteiger partial charge in [0.2, 0.25) is 18.1 Å². The molecule has 0 radical (unpaired) electrons. The summed E-state index contributed by atoms with van der Waals surface area (Å²) in [7, 11) is 4.03. The Morgan fingerprint density at radius 2 is 2.00 bits per heavy atom. The summed E-state index contributed by atoms with van der Waals surface area (Å²) in [5, 5.41) is 10.1. The predicted molar refractivity (Wildman–Crippen MR) is 127 cm³/mol. The van der Waals surface area contributed by atoms with E-state index >= 15 is 4.39 Å². The van der Waals surface area contributed by atoms with Gasteiger partial charge in [0.15, 0.2) is 11.6 Å². The molecule has 10 nitrogen and oxygen atoms in total. The summed E-state index contributed by atoms with van der Waals surface area (Å²) in [6, 6.07) is 0.283. The molecule has 3 N–H and O–H groups in total. The number of hydrogen-bond donors (Lipinski definition) is 3. The van der Waals surface area contributed by atoms with E-state index in [0.29, 0.717) is 48.7 Å². The number of hydroxylamine groups is 2. The fourth-order valence-corrected chi connectivity index (χ4v) is 5.13. The van der Waals surface area contributed by atoms with Gasteiger partial charge in [-0.05, 0) is 32.4 Å². The topological polar surface area (TPSA) is 114 Å². The molecule has 1 aliphatic heterocycles. The maximum Gasteiger partial charge on any atom is 0.243 e. The van der Waals surface area contributed by atoms with Gasteiger partial charge in [-0.25, -0.2) is 15.0 Å². The minimum absolute atomic E-state index is 0.0907. The van der Waals surface area contributed by atoms with Crippen molar-refractivity contribution in [3.05, 3.63) is 11.6 Å². The van der Waals surface area contributed by atoms with Gasteiger partial charge in [0, 0.05) is 25.6 Å². The first kappa shape index (κ1) is 26.1. The number of aryl methyl sites for hydroxylation is 1. The molecule has 2 heterocycles. The van der Waals surface area contributed by atoms with Crippen LogP contribution >= 0.6 is 0 Å². The van der Waals surface area contributed by atoms with E-state index in [0.717, 1.165) is 25.7 Å². The number of hydrazine groups is 1. The number of rotatable bonds is 11. The predicted octanol–water partition coefficient (Wildman–Crippen LogP) is 2.05. The number of hydrogen-bond acceptors (Lipinski definition) is 8. The minimum Gasteiger partial charge on any atom is -0.352 e. The second-order valence-electron chi connectivity index (χ2n) is 9.82. The van der Waals surface area contributed by atoms with Gasteiger partial charge in [0.05, 0.1) is 12.5 Å².